The molecule has 2 nitrogen and oxygen atoms in total. The van der Waals surface area contributed by atoms with Gasteiger partial charge in [-0.2, -0.15) is 0 Å². The molecule has 0 N–H and O–H groups in total. The fourth-order valence-electron chi connectivity index (χ4n) is 9.29. The maximum absolute atomic E-state index is 6.52. The molecule has 264 valence electrons. The Bertz CT molecular complexity index is 2920. The highest BCUT2D eigenvalue weighted by Crippen LogP contribution is 2.54. The molecule has 2 heteroatoms. The van der Waals surface area contributed by atoms with Crippen LogP contribution >= 0.6 is 0 Å². The van der Waals surface area contributed by atoms with Gasteiger partial charge in [0.2, 0.25) is 0 Å². The van der Waals surface area contributed by atoms with Gasteiger partial charge in [-0.3, -0.25) is 0 Å². The predicted octanol–water partition coefficient (Wildman–Crippen LogP) is 14.8. The third-order valence-electron chi connectivity index (χ3n) is 12.0. The van der Waals surface area contributed by atoms with Crippen molar-refractivity contribution in [2.75, 3.05) is 4.90 Å². The maximum atomic E-state index is 6.52. The number of ether oxygens (including phenoxy) is 1. The second-order valence-corrected chi connectivity index (χ2v) is 15.0. The molecule has 0 amide bonds. The lowest BCUT2D eigenvalue weighted by Gasteiger charge is -2.32. The van der Waals surface area contributed by atoms with E-state index in [9.17, 15) is 0 Å². The average Bonchev–Trinajstić information content (AvgIpc) is 3.53. The first-order chi connectivity index (χ1) is 27.7. The van der Waals surface area contributed by atoms with E-state index in [4.69, 9.17) is 4.74 Å². The summed E-state index contributed by atoms with van der Waals surface area (Å²) in [5.41, 5.74) is 16.5. The molecular formula is C54H37NO. The lowest BCUT2D eigenvalue weighted by Crippen LogP contribution is -2.23. The minimum absolute atomic E-state index is 0.321. The maximum Gasteiger partial charge on any atom is 0.135 e. The Hall–Kier alpha value is -7.16. The molecule has 0 saturated heterocycles. The molecule has 0 bridgehead atoms. The van der Waals surface area contributed by atoms with E-state index in [-0.39, 0.29) is 5.41 Å². The van der Waals surface area contributed by atoms with Gasteiger partial charge in [-0.05, 0) is 111 Å². The molecule has 1 aliphatic carbocycles. The second kappa shape index (κ2) is 12.7. The average molecular weight is 716 g/mol. The van der Waals surface area contributed by atoms with Crippen LogP contribution in [0, 0.1) is 0 Å². The zero-order valence-corrected chi connectivity index (χ0v) is 31.0. The summed E-state index contributed by atoms with van der Waals surface area (Å²) in [4.78, 5) is 2.44. The molecule has 0 atom stereocenters. The van der Waals surface area contributed by atoms with Crippen molar-refractivity contribution >= 4 is 27.8 Å². The van der Waals surface area contributed by atoms with E-state index < -0.39 is 0 Å². The van der Waals surface area contributed by atoms with Crippen LogP contribution in [0.1, 0.15) is 23.6 Å². The van der Waals surface area contributed by atoms with E-state index in [0.29, 0.717) is 0 Å². The molecule has 56 heavy (non-hydrogen) atoms. The predicted molar refractivity (Wildman–Crippen MR) is 232 cm³/mol. The van der Waals surface area contributed by atoms with Crippen molar-refractivity contribution in [3.63, 3.8) is 0 Å². The number of hydrogen-bond donors (Lipinski definition) is 0. The minimum atomic E-state index is -0.321. The fourth-order valence-corrected chi connectivity index (χ4v) is 9.29. The van der Waals surface area contributed by atoms with E-state index in [1.54, 1.807) is 0 Å². The lowest BCUT2D eigenvalue weighted by atomic mass is 9.74. The summed E-state index contributed by atoms with van der Waals surface area (Å²) in [7, 11) is 0. The minimum Gasteiger partial charge on any atom is -0.456 e. The Morgan fingerprint density at radius 1 is 0.393 bits per heavy atom. The number of anilines is 3. The van der Waals surface area contributed by atoms with Crippen LogP contribution in [0.2, 0.25) is 0 Å². The third-order valence-corrected chi connectivity index (χ3v) is 12.0. The monoisotopic (exact) mass is 715 g/mol. The summed E-state index contributed by atoms with van der Waals surface area (Å²) in [5, 5.41) is 2.31. The van der Waals surface area contributed by atoms with Crippen molar-refractivity contribution in [3.8, 4) is 56.0 Å². The Balaban J connectivity index is 1.12. The lowest BCUT2D eigenvalue weighted by molar-refractivity contribution is 0.487. The quantitative estimate of drug-likeness (QED) is 0.170. The van der Waals surface area contributed by atoms with Crippen molar-refractivity contribution in [2.24, 2.45) is 0 Å². The summed E-state index contributed by atoms with van der Waals surface area (Å²) in [5.74, 6) is 1.79. The summed E-state index contributed by atoms with van der Waals surface area (Å²) in [6.45, 7) is 2.39. The molecule has 2 aliphatic rings. The van der Waals surface area contributed by atoms with Gasteiger partial charge in [0.05, 0.1) is 5.69 Å². The van der Waals surface area contributed by atoms with Crippen LogP contribution in [-0.4, -0.2) is 0 Å². The summed E-state index contributed by atoms with van der Waals surface area (Å²) >= 11 is 0. The summed E-state index contributed by atoms with van der Waals surface area (Å²) in [6.07, 6.45) is 0. The molecule has 0 aromatic heterocycles. The SMILES string of the molecule is CC1(c2cccc(N(c3ccc(-c4ccccc4)cc3)c3ccccc3-c3ccc4c5c(cccc35)-c3ccccc3O4)c2)c2ccccc2-c2ccccc21. The normalized spacial score (nSPS) is 13.0. The van der Waals surface area contributed by atoms with Gasteiger partial charge in [-0.15, -0.1) is 0 Å². The zero-order valence-electron chi connectivity index (χ0n) is 31.0. The van der Waals surface area contributed by atoms with Gasteiger partial charge in [0.25, 0.3) is 0 Å². The highest BCUT2D eigenvalue weighted by Gasteiger charge is 2.40. The van der Waals surface area contributed by atoms with Gasteiger partial charge in [-0.1, -0.05) is 158 Å². The smallest absolute Gasteiger partial charge is 0.135 e. The molecule has 0 spiro atoms. The summed E-state index contributed by atoms with van der Waals surface area (Å²) in [6, 6.07) is 74.8. The van der Waals surface area contributed by atoms with Crippen molar-refractivity contribution in [2.45, 2.75) is 12.3 Å². The Morgan fingerprint density at radius 2 is 1.00 bits per heavy atom. The van der Waals surface area contributed by atoms with E-state index in [1.165, 1.54) is 49.9 Å². The molecule has 11 rings (SSSR count). The van der Waals surface area contributed by atoms with Crippen LogP contribution in [-0.2, 0) is 5.41 Å². The number of fused-ring (bicyclic) bond motifs is 5. The van der Waals surface area contributed by atoms with Crippen molar-refractivity contribution in [3.05, 3.63) is 223 Å². The molecule has 1 heterocycles. The molecule has 1 aliphatic heterocycles. The van der Waals surface area contributed by atoms with Gasteiger partial charge >= 0.3 is 0 Å². The van der Waals surface area contributed by atoms with Crippen LogP contribution in [0.3, 0.4) is 0 Å². The second-order valence-electron chi connectivity index (χ2n) is 15.0. The zero-order chi connectivity index (χ0) is 37.2. The number of para-hydroxylation sites is 2. The molecule has 0 fully saturated rings. The standard InChI is InChI=1S/C54H37NO/c1-54(48-25-9-5-19-42(48)43-20-6-10-26-49(43)54)38-17-13-18-40(35-38)55(39-31-29-37(30-32-39)36-15-3-2-4-16-36)50-27-11-7-21-44(50)41-33-34-52-53-46(41)23-14-24-47(53)45-22-8-12-28-51(45)56-52/h2-35H,1H3. The Morgan fingerprint density at radius 3 is 1.77 bits per heavy atom. The van der Waals surface area contributed by atoms with Crippen LogP contribution in [0.5, 0.6) is 11.5 Å². The van der Waals surface area contributed by atoms with Crippen LogP contribution < -0.4 is 9.64 Å². The molecule has 9 aromatic rings. The van der Waals surface area contributed by atoms with E-state index in [0.717, 1.165) is 50.6 Å². The topological polar surface area (TPSA) is 12.5 Å². The number of nitrogens with zero attached hydrogens (tertiary/aromatic N) is 1. The molecule has 0 radical (unpaired) electrons. The van der Waals surface area contributed by atoms with Gasteiger partial charge in [0, 0.05) is 33.3 Å². The van der Waals surface area contributed by atoms with E-state index in [2.05, 4.69) is 212 Å². The van der Waals surface area contributed by atoms with Crippen LogP contribution in [0.15, 0.2) is 206 Å². The van der Waals surface area contributed by atoms with E-state index >= 15 is 0 Å². The third kappa shape index (κ3) is 4.89. The first-order valence-corrected chi connectivity index (χ1v) is 19.3. The van der Waals surface area contributed by atoms with Crippen molar-refractivity contribution in [1.82, 2.24) is 0 Å². The van der Waals surface area contributed by atoms with Gasteiger partial charge in [0.15, 0.2) is 0 Å². The Labute approximate surface area is 327 Å². The van der Waals surface area contributed by atoms with E-state index in [1.807, 2.05) is 6.07 Å². The number of hydrogen-bond acceptors (Lipinski definition) is 2. The molecule has 0 saturated carbocycles. The van der Waals surface area contributed by atoms with Gasteiger partial charge in [-0.25, -0.2) is 0 Å². The first kappa shape index (κ1) is 32.3. The first-order valence-electron chi connectivity index (χ1n) is 19.3. The largest absolute Gasteiger partial charge is 0.456 e. The van der Waals surface area contributed by atoms with Crippen molar-refractivity contribution < 1.29 is 4.74 Å². The highest BCUT2D eigenvalue weighted by molar-refractivity contribution is 6.11. The summed E-state index contributed by atoms with van der Waals surface area (Å²) < 4.78 is 6.52. The molecular weight excluding hydrogens is 679 g/mol. The van der Waals surface area contributed by atoms with Crippen LogP contribution in [0.4, 0.5) is 17.1 Å². The van der Waals surface area contributed by atoms with Crippen LogP contribution in [0.25, 0.3) is 55.3 Å². The number of benzene rings is 9. The van der Waals surface area contributed by atoms with Crippen molar-refractivity contribution in [1.29, 1.82) is 0 Å². The molecule has 0 unspecified atom stereocenters. The highest BCUT2D eigenvalue weighted by atomic mass is 16.5. The Kier molecular flexibility index (Phi) is 7.33. The van der Waals surface area contributed by atoms with Gasteiger partial charge in [0.1, 0.15) is 11.5 Å². The fraction of sp³-hybridized carbons (Fsp3) is 0.0370. The molecule has 9 aromatic carbocycles. The van der Waals surface area contributed by atoms with Gasteiger partial charge < -0.3 is 9.64 Å². The number of rotatable bonds is 6.